The number of nitrogens with one attached hydrogen (secondary N) is 2. The van der Waals surface area contributed by atoms with Gasteiger partial charge in [0.25, 0.3) is 0 Å². The van der Waals surface area contributed by atoms with Crippen LogP contribution in [0.25, 0.3) is 0 Å². The molecule has 1 aliphatic heterocycles. The second kappa shape index (κ2) is 7.99. The van der Waals surface area contributed by atoms with E-state index in [1.165, 1.54) is 21.1 Å². The van der Waals surface area contributed by atoms with Crippen molar-refractivity contribution in [1.82, 2.24) is 0 Å². The fourth-order valence-corrected chi connectivity index (χ4v) is 3.08. The first-order valence-electron chi connectivity index (χ1n) is 8.56. The predicted octanol–water partition coefficient (Wildman–Crippen LogP) is 2.90. The number of amides is 2. The van der Waals surface area contributed by atoms with Gasteiger partial charge in [-0.2, -0.15) is 0 Å². The number of hydrogen-bond acceptors (Lipinski definition) is 6. The van der Waals surface area contributed by atoms with Gasteiger partial charge >= 0.3 is 5.97 Å². The Kier molecular flexibility index (Phi) is 5.49. The molecule has 0 spiro atoms. The van der Waals surface area contributed by atoms with E-state index in [9.17, 15) is 14.4 Å². The lowest BCUT2D eigenvalue weighted by Crippen LogP contribution is -2.16. The fraction of sp³-hybridized carbons (Fsp3) is 0.250. The molecular weight excluding hydrogens is 364 g/mol. The van der Waals surface area contributed by atoms with Crippen LogP contribution in [0.4, 0.5) is 11.4 Å². The average molecular weight is 384 g/mol. The molecule has 0 radical (unpaired) electrons. The summed E-state index contributed by atoms with van der Waals surface area (Å²) in [6.45, 7) is 1.40. The Morgan fingerprint density at radius 2 is 1.79 bits per heavy atom. The van der Waals surface area contributed by atoms with Crippen LogP contribution in [-0.4, -0.2) is 32.0 Å². The minimum atomic E-state index is -0.721. The van der Waals surface area contributed by atoms with Gasteiger partial charge in [-0.05, 0) is 24.3 Å². The van der Waals surface area contributed by atoms with E-state index < -0.39 is 12.1 Å². The second-order valence-corrected chi connectivity index (χ2v) is 6.17. The Morgan fingerprint density at radius 1 is 1.07 bits per heavy atom. The summed E-state index contributed by atoms with van der Waals surface area (Å²) in [6.07, 6.45) is -0.778. The summed E-state index contributed by atoms with van der Waals surface area (Å²) in [4.78, 5) is 35.9. The van der Waals surface area contributed by atoms with Crippen LogP contribution in [-0.2, 0) is 14.3 Å². The third-order valence-electron chi connectivity index (χ3n) is 4.22. The highest BCUT2D eigenvalue weighted by molar-refractivity contribution is 5.99. The number of benzene rings is 2. The lowest BCUT2D eigenvalue weighted by atomic mass is 10.0. The molecule has 2 aromatic rings. The van der Waals surface area contributed by atoms with Crippen LogP contribution in [0.15, 0.2) is 36.4 Å². The number of ether oxygens (including phenoxy) is 3. The quantitative estimate of drug-likeness (QED) is 0.743. The molecule has 146 valence electrons. The summed E-state index contributed by atoms with van der Waals surface area (Å²) in [6, 6.07) is 10.1. The first-order chi connectivity index (χ1) is 13.4. The van der Waals surface area contributed by atoms with Gasteiger partial charge in [0.05, 0.1) is 20.6 Å². The molecule has 0 aromatic heterocycles. The molecule has 0 aliphatic carbocycles. The van der Waals surface area contributed by atoms with Crippen molar-refractivity contribution in [3.8, 4) is 11.5 Å². The Morgan fingerprint density at radius 3 is 2.43 bits per heavy atom. The highest BCUT2D eigenvalue weighted by atomic mass is 16.6. The van der Waals surface area contributed by atoms with Crippen molar-refractivity contribution in [1.29, 1.82) is 0 Å². The van der Waals surface area contributed by atoms with E-state index in [0.717, 1.165) is 0 Å². The van der Waals surface area contributed by atoms with Crippen molar-refractivity contribution in [2.45, 2.75) is 19.4 Å². The normalized spacial score (nSPS) is 14.7. The van der Waals surface area contributed by atoms with Crippen LogP contribution in [0.5, 0.6) is 11.5 Å². The summed E-state index contributed by atoms with van der Waals surface area (Å²) < 4.78 is 15.9. The molecule has 0 bridgehead atoms. The maximum atomic E-state index is 12.5. The maximum absolute atomic E-state index is 12.5. The van der Waals surface area contributed by atoms with Gasteiger partial charge < -0.3 is 24.8 Å². The van der Waals surface area contributed by atoms with Crippen LogP contribution in [0.2, 0.25) is 0 Å². The zero-order valence-corrected chi connectivity index (χ0v) is 15.7. The van der Waals surface area contributed by atoms with E-state index in [2.05, 4.69) is 10.6 Å². The summed E-state index contributed by atoms with van der Waals surface area (Å²) in [5.74, 6) is -0.395. The SMILES string of the molecule is COc1ccc2c(c1OC)C(=O)OC2CC(=O)Nc1cccc(NC(C)=O)c1. The molecular formula is C20H20N2O6. The number of cyclic esters (lactones) is 1. The minimum absolute atomic E-state index is 0.0570. The molecule has 8 nitrogen and oxygen atoms in total. The number of carbonyl (C=O) groups excluding carboxylic acids is 3. The zero-order valence-electron chi connectivity index (χ0n) is 15.7. The predicted molar refractivity (Wildman–Crippen MR) is 102 cm³/mol. The molecule has 2 N–H and O–H groups in total. The van der Waals surface area contributed by atoms with E-state index in [1.807, 2.05) is 0 Å². The monoisotopic (exact) mass is 384 g/mol. The molecule has 1 atom stereocenters. The highest BCUT2D eigenvalue weighted by Gasteiger charge is 2.36. The Labute approximate surface area is 161 Å². The van der Waals surface area contributed by atoms with E-state index in [-0.39, 0.29) is 29.5 Å². The number of carbonyl (C=O) groups is 3. The van der Waals surface area contributed by atoms with Crippen LogP contribution in [0.1, 0.15) is 35.4 Å². The van der Waals surface area contributed by atoms with Gasteiger partial charge in [-0.3, -0.25) is 9.59 Å². The van der Waals surface area contributed by atoms with Crippen molar-refractivity contribution in [3.05, 3.63) is 47.5 Å². The second-order valence-electron chi connectivity index (χ2n) is 6.17. The first kappa shape index (κ1) is 19.2. The lowest BCUT2D eigenvalue weighted by Gasteiger charge is -2.13. The number of anilines is 2. The van der Waals surface area contributed by atoms with Crippen molar-refractivity contribution in [3.63, 3.8) is 0 Å². The van der Waals surface area contributed by atoms with E-state index in [0.29, 0.717) is 22.7 Å². The molecule has 1 aliphatic rings. The van der Waals surface area contributed by atoms with Crippen molar-refractivity contribution >= 4 is 29.2 Å². The summed E-state index contributed by atoms with van der Waals surface area (Å²) in [5, 5.41) is 5.39. The minimum Gasteiger partial charge on any atom is -0.493 e. The van der Waals surface area contributed by atoms with Crippen LogP contribution in [0, 0.1) is 0 Å². The van der Waals surface area contributed by atoms with E-state index in [1.54, 1.807) is 36.4 Å². The summed E-state index contributed by atoms with van der Waals surface area (Å²) >= 11 is 0. The maximum Gasteiger partial charge on any atom is 0.343 e. The van der Waals surface area contributed by atoms with Gasteiger partial charge in [0, 0.05) is 23.9 Å². The number of methoxy groups -OCH3 is 2. The molecule has 28 heavy (non-hydrogen) atoms. The van der Waals surface area contributed by atoms with Gasteiger partial charge in [-0.15, -0.1) is 0 Å². The number of rotatable bonds is 6. The number of esters is 1. The molecule has 2 amide bonds. The molecule has 0 saturated heterocycles. The standard InChI is InChI=1S/C20H20N2O6/c1-11(23)21-12-5-4-6-13(9-12)22-17(24)10-16-14-7-8-15(26-2)19(27-3)18(14)20(25)28-16/h4-9,16H,10H2,1-3H3,(H,21,23)(H,22,24). The van der Waals surface area contributed by atoms with Crippen LogP contribution >= 0.6 is 0 Å². The van der Waals surface area contributed by atoms with E-state index >= 15 is 0 Å². The molecule has 1 unspecified atom stereocenters. The summed E-state index contributed by atoms with van der Waals surface area (Å²) in [5.41, 5.74) is 1.94. The third kappa shape index (κ3) is 3.90. The van der Waals surface area contributed by atoms with Crippen molar-refractivity contribution in [2.75, 3.05) is 24.9 Å². The van der Waals surface area contributed by atoms with Gasteiger partial charge in [-0.25, -0.2) is 4.79 Å². The zero-order chi connectivity index (χ0) is 20.3. The largest absolute Gasteiger partial charge is 0.493 e. The van der Waals surface area contributed by atoms with Crippen molar-refractivity contribution < 1.29 is 28.6 Å². The number of fused-ring (bicyclic) bond motifs is 1. The van der Waals surface area contributed by atoms with Gasteiger partial charge in [0.15, 0.2) is 11.5 Å². The molecule has 2 aromatic carbocycles. The van der Waals surface area contributed by atoms with Gasteiger partial charge in [0.2, 0.25) is 11.8 Å². The van der Waals surface area contributed by atoms with Crippen LogP contribution < -0.4 is 20.1 Å². The van der Waals surface area contributed by atoms with Crippen molar-refractivity contribution in [2.24, 2.45) is 0 Å². The average Bonchev–Trinajstić information content (AvgIpc) is 2.96. The van der Waals surface area contributed by atoms with Crippen LogP contribution in [0.3, 0.4) is 0 Å². The van der Waals surface area contributed by atoms with Gasteiger partial charge in [0.1, 0.15) is 11.7 Å². The lowest BCUT2D eigenvalue weighted by molar-refractivity contribution is -0.118. The smallest absolute Gasteiger partial charge is 0.343 e. The Balaban J connectivity index is 1.75. The highest BCUT2D eigenvalue weighted by Crippen LogP contribution is 2.43. The fourth-order valence-electron chi connectivity index (χ4n) is 3.08. The molecule has 8 heteroatoms. The molecule has 3 rings (SSSR count). The molecule has 0 saturated carbocycles. The first-order valence-corrected chi connectivity index (χ1v) is 8.56. The third-order valence-corrected chi connectivity index (χ3v) is 4.22. The molecule has 1 heterocycles. The van der Waals surface area contributed by atoms with E-state index in [4.69, 9.17) is 14.2 Å². The Bertz CT molecular complexity index is 940. The van der Waals surface area contributed by atoms with Gasteiger partial charge in [-0.1, -0.05) is 12.1 Å². The molecule has 0 fully saturated rings. The Hall–Kier alpha value is -3.55. The summed E-state index contributed by atoms with van der Waals surface area (Å²) in [7, 11) is 2.91. The number of hydrogen-bond donors (Lipinski definition) is 2. The topological polar surface area (TPSA) is 103 Å².